The molecular formula is C13H25ClN2. The van der Waals surface area contributed by atoms with E-state index >= 15 is 0 Å². The van der Waals surface area contributed by atoms with E-state index in [1.165, 1.54) is 71.2 Å². The number of alkyl halides is 1. The van der Waals surface area contributed by atoms with E-state index in [1.54, 1.807) is 0 Å². The Morgan fingerprint density at radius 2 is 1.50 bits per heavy atom. The molecule has 3 heteroatoms. The van der Waals surface area contributed by atoms with Crippen LogP contribution in [0.2, 0.25) is 0 Å². The molecule has 2 saturated heterocycles. The monoisotopic (exact) mass is 244 g/mol. The van der Waals surface area contributed by atoms with Crippen molar-refractivity contribution >= 4 is 11.6 Å². The van der Waals surface area contributed by atoms with Gasteiger partial charge < -0.3 is 4.90 Å². The summed E-state index contributed by atoms with van der Waals surface area (Å²) < 4.78 is 0. The highest BCUT2D eigenvalue weighted by molar-refractivity contribution is 6.18. The van der Waals surface area contributed by atoms with Gasteiger partial charge in [-0.3, -0.25) is 4.90 Å². The Morgan fingerprint density at radius 3 is 2.12 bits per heavy atom. The second-order valence-electron chi connectivity index (χ2n) is 5.24. The Balaban J connectivity index is 1.69. The predicted octanol–water partition coefficient (Wildman–Crippen LogP) is 2.57. The Kier molecular flexibility index (Phi) is 5.40. The third-order valence-electron chi connectivity index (χ3n) is 4.06. The molecule has 0 aliphatic carbocycles. The van der Waals surface area contributed by atoms with Crippen molar-refractivity contribution in [1.29, 1.82) is 0 Å². The molecule has 2 heterocycles. The smallest absolute Gasteiger partial charge is 0.0380 e. The van der Waals surface area contributed by atoms with Gasteiger partial charge in [0.05, 0.1) is 0 Å². The molecule has 2 nitrogen and oxygen atoms in total. The molecular weight excluding hydrogens is 220 g/mol. The molecule has 1 atom stereocenters. The fourth-order valence-electron chi connectivity index (χ4n) is 2.98. The number of hydrogen-bond donors (Lipinski definition) is 0. The maximum atomic E-state index is 6.11. The summed E-state index contributed by atoms with van der Waals surface area (Å²) >= 11 is 6.11. The standard InChI is InChI=1S/C13H25ClN2/c14-12-13(16-9-4-5-10-16)6-11-15-7-2-1-3-8-15/h13H,1-12H2. The predicted molar refractivity (Wildman–Crippen MR) is 70.2 cm³/mol. The second-order valence-corrected chi connectivity index (χ2v) is 5.55. The van der Waals surface area contributed by atoms with Crippen LogP contribution in [0.3, 0.4) is 0 Å². The van der Waals surface area contributed by atoms with Crippen LogP contribution in [0.4, 0.5) is 0 Å². The maximum Gasteiger partial charge on any atom is 0.0380 e. The molecule has 0 aromatic rings. The van der Waals surface area contributed by atoms with Crippen LogP contribution in [0.1, 0.15) is 38.5 Å². The molecule has 2 fully saturated rings. The van der Waals surface area contributed by atoms with Crippen LogP contribution < -0.4 is 0 Å². The van der Waals surface area contributed by atoms with Gasteiger partial charge in [0.1, 0.15) is 0 Å². The minimum absolute atomic E-state index is 0.631. The second kappa shape index (κ2) is 6.83. The largest absolute Gasteiger partial charge is 0.303 e. The van der Waals surface area contributed by atoms with Crippen LogP contribution >= 0.6 is 11.6 Å². The lowest BCUT2D eigenvalue weighted by molar-refractivity contribution is 0.184. The van der Waals surface area contributed by atoms with Crippen LogP contribution in [0.5, 0.6) is 0 Å². The minimum atomic E-state index is 0.631. The first-order chi connectivity index (χ1) is 7.90. The third kappa shape index (κ3) is 3.61. The van der Waals surface area contributed by atoms with E-state index in [0.29, 0.717) is 6.04 Å². The Labute approximate surface area is 105 Å². The number of halogens is 1. The first kappa shape index (κ1) is 12.7. The van der Waals surface area contributed by atoms with Gasteiger partial charge in [0.2, 0.25) is 0 Å². The highest BCUT2D eigenvalue weighted by Gasteiger charge is 2.21. The van der Waals surface area contributed by atoms with Crippen molar-refractivity contribution < 1.29 is 0 Å². The third-order valence-corrected chi connectivity index (χ3v) is 4.42. The van der Waals surface area contributed by atoms with Gasteiger partial charge in [-0.25, -0.2) is 0 Å². The van der Waals surface area contributed by atoms with Gasteiger partial charge in [-0.1, -0.05) is 6.42 Å². The van der Waals surface area contributed by atoms with Crippen LogP contribution in [-0.2, 0) is 0 Å². The molecule has 0 radical (unpaired) electrons. The molecule has 1 unspecified atom stereocenters. The summed E-state index contributed by atoms with van der Waals surface area (Å²) in [6.45, 7) is 6.44. The number of likely N-dealkylation sites (tertiary alicyclic amines) is 2. The summed E-state index contributed by atoms with van der Waals surface area (Å²) in [4.78, 5) is 5.22. The molecule has 0 saturated carbocycles. The molecule has 0 aromatic heterocycles. The van der Waals surface area contributed by atoms with Gasteiger partial charge in [0.25, 0.3) is 0 Å². The molecule has 2 rings (SSSR count). The fourth-order valence-corrected chi connectivity index (χ4v) is 3.33. The average molecular weight is 245 g/mol. The molecule has 0 bridgehead atoms. The molecule has 0 N–H and O–H groups in total. The molecule has 94 valence electrons. The normalized spacial score (nSPS) is 26.1. The van der Waals surface area contributed by atoms with Gasteiger partial charge >= 0.3 is 0 Å². The van der Waals surface area contributed by atoms with Crippen LogP contribution in [0, 0.1) is 0 Å². The Hall–Kier alpha value is 0.210. The highest BCUT2D eigenvalue weighted by Crippen LogP contribution is 2.17. The molecule has 0 spiro atoms. The number of piperidine rings is 1. The number of hydrogen-bond acceptors (Lipinski definition) is 2. The lowest BCUT2D eigenvalue weighted by atomic mass is 10.1. The zero-order valence-electron chi connectivity index (χ0n) is 10.3. The minimum Gasteiger partial charge on any atom is -0.303 e. The molecule has 2 aliphatic rings. The van der Waals surface area contributed by atoms with Gasteiger partial charge in [-0.05, 0) is 64.8 Å². The zero-order chi connectivity index (χ0) is 11.2. The summed E-state index contributed by atoms with van der Waals surface area (Å²) in [6, 6.07) is 0.631. The van der Waals surface area contributed by atoms with Gasteiger partial charge in [-0.15, -0.1) is 11.6 Å². The van der Waals surface area contributed by atoms with Crippen molar-refractivity contribution in [1.82, 2.24) is 9.80 Å². The Bertz CT molecular complexity index is 186. The summed E-state index contributed by atoms with van der Waals surface area (Å²) in [6.07, 6.45) is 8.24. The van der Waals surface area contributed by atoms with Crippen molar-refractivity contribution in [3.05, 3.63) is 0 Å². The summed E-state index contributed by atoms with van der Waals surface area (Å²) in [5.74, 6) is 0.813. The van der Waals surface area contributed by atoms with E-state index in [2.05, 4.69) is 9.80 Å². The first-order valence-electron chi connectivity index (χ1n) is 6.92. The van der Waals surface area contributed by atoms with Gasteiger partial charge in [0.15, 0.2) is 0 Å². The fraction of sp³-hybridized carbons (Fsp3) is 1.00. The molecule has 0 amide bonds. The molecule has 16 heavy (non-hydrogen) atoms. The SMILES string of the molecule is ClCC(CCN1CCCCC1)N1CCCC1. The van der Waals surface area contributed by atoms with E-state index in [0.717, 1.165) is 5.88 Å². The van der Waals surface area contributed by atoms with Crippen molar-refractivity contribution in [3.63, 3.8) is 0 Å². The highest BCUT2D eigenvalue weighted by atomic mass is 35.5. The van der Waals surface area contributed by atoms with E-state index in [-0.39, 0.29) is 0 Å². The Morgan fingerprint density at radius 1 is 0.875 bits per heavy atom. The lowest BCUT2D eigenvalue weighted by Crippen LogP contribution is -2.39. The topological polar surface area (TPSA) is 6.48 Å². The van der Waals surface area contributed by atoms with E-state index < -0.39 is 0 Å². The van der Waals surface area contributed by atoms with Crippen LogP contribution in [0.25, 0.3) is 0 Å². The maximum absolute atomic E-state index is 6.11. The van der Waals surface area contributed by atoms with Crippen molar-refractivity contribution in [2.24, 2.45) is 0 Å². The van der Waals surface area contributed by atoms with Crippen LogP contribution in [0.15, 0.2) is 0 Å². The summed E-state index contributed by atoms with van der Waals surface area (Å²) in [5, 5.41) is 0. The van der Waals surface area contributed by atoms with E-state index in [9.17, 15) is 0 Å². The zero-order valence-corrected chi connectivity index (χ0v) is 11.1. The molecule has 0 aromatic carbocycles. The average Bonchev–Trinajstić information content (AvgIpc) is 2.85. The van der Waals surface area contributed by atoms with E-state index in [1.807, 2.05) is 0 Å². The van der Waals surface area contributed by atoms with Gasteiger partial charge in [0, 0.05) is 11.9 Å². The van der Waals surface area contributed by atoms with Crippen molar-refractivity contribution in [2.75, 3.05) is 38.6 Å². The number of nitrogens with zero attached hydrogens (tertiary/aromatic N) is 2. The van der Waals surface area contributed by atoms with Crippen LogP contribution in [-0.4, -0.2) is 54.4 Å². The van der Waals surface area contributed by atoms with Gasteiger partial charge in [-0.2, -0.15) is 0 Å². The summed E-state index contributed by atoms with van der Waals surface area (Å²) in [7, 11) is 0. The quantitative estimate of drug-likeness (QED) is 0.686. The van der Waals surface area contributed by atoms with E-state index in [4.69, 9.17) is 11.6 Å². The number of rotatable bonds is 5. The lowest BCUT2D eigenvalue weighted by Gasteiger charge is -2.31. The van der Waals surface area contributed by atoms with Crippen molar-refractivity contribution in [3.8, 4) is 0 Å². The van der Waals surface area contributed by atoms with Crippen molar-refractivity contribution in [2.45, 2.75) is 44.6 Å². The summed E-state index contributed by atoms with van der Waals surface area (Å²) in [5.41, 5.74) is 0. The first-order valence-corrected chi connectivity index (χ1v) is 7.46. The molecule has 2 aliphatic heterocycles.